The van der Waals surface area contributed by atoms with E-state index in [2.05, 4.69) is 6.58 Å². The molecule has 0 spiro atoms. The van der Waals surface area contributed by atoms with E-state index >= 15 is 0 Å². The summed E-state index contributed by atoms with van der Waals surface area (Å²) in [5.74, 6) is -14.2. The number of carboxylic acids is 1. The Morgan fingerprint density at radius 2 is 1.44 bits per heavy atom. The van der Waals surface area contributed by atoms with Crippen LogP contribution in [0.5, 0.6) is 0 Å². The van der Waals surface area contributed by atoms with Crippen molar-refractivity contribution in [1.29, 1.82) is 0 Å². The average Bonchev–Trinajstić information content (AvgIpc) is 2.14. The van der Waals surface area contributed by atoms with Gasteiger partial charge in [0.15, 0.2) is 0 Å². The summed E-state index contributed by atoms with van der Waals surface area (Å²) in [6, 6.07) is 0. The highest BCUT2D eigenvalue weighted by Gasteiger charge is 2.68. The summed E-state index contributed by atoms with van der Waals surface area (Å²) in [6.45, 7) is 2.26. The van der Waals surface area contributed by atoms with Gasteiger partial charge in [-0.1, -0.05) is 6.58 Å². The number of halogens is 7. The Balaban J connectivity index is 5.20. The summed E-state index contributed by atoms with van der Waals surface area (Å²) in [5, 5.41) is 8.01. The maximum absolute atomic E-state index is 12.6. The van der Waals surface area contributed by atoms with Gasteiger partial charge in [-0.15, -0.1) is 0 Å². The van der Waals surface area contributed by atoms with E-state index in [-0.39, 0.29) is 0 Å². The third kappa shape index (κ3) is 2.27. The number of alkyl halides is 7. The molecular weight excluding hydrogens is 249 g/mol. The number of hydrogen-bond acceptors (Lipinski definition) is 1. The van der Waals surface area contributed by atoms with Crippen LogP contribution in [0.4, 0.5) is 30.7 Å². The van der Waals surface area contributed by atoms with Crippen molar-refractivity contribution < 1.29 is 40.6 Å². The molecule has 0 fully saturated rings. The summed E-state index contributed by atoms with van der Waals surface area (Å²) in [7, 11) is 0. The highest BCUT2D eigenvalue weighted by molar-refractivity contribution is 5.87. The predicted octanol–water partition coefficient (Wildman–Crippen LogP) is 2.50. The van der Waals surface area contributed by atoms with Gasteiger partial charge in [-0.25, -0.2) is 18.0 Å². The predicted molar refractivity (Wildman–Crippen MR) is 37.6 cm³/mol. The molecule has 94 valence electrons. The number of hydrogen-bond donors (Lipinski definition) is 1. The van der Waals surface area contributed by atoms with Crippen molar-refractivity contribution in [3.8, 4) is 0 Å². The molecule has 0 aliphatic carbocycles. The monoisotopic (exact) mass is 254 g/mol. The Bertz CT molecular complexity index is 299. The van der Waals surface area contributed by atoms with Gasteiger partial charge in [0, 0.05) is 0 Å². The summed E-state index contributed by atoms with van der Waals surface area (Å²) < 4.78 is 85.3. The van der Waals surface area contributed by atoms with Crippen LogP contribution in [0, 0.1) is 0 Å². The van der Waals surface area contributed by atoms with Gasteiger partial charge in [0.1, 0.15) is 0 Å². The molecule has 0 aromatic carbocycles. The fourth-order valence-corrected chi connectivity index (χ4v) is 0.642. The van der Waals surface area contributed by atoms with Crippen LogP contribution in [0.3, 0.4) is 0 Å². The van der Waals surface area contributed by atoms with Crippen molar-refractivity contribution in [2.75, 3.05) is 0 Å². The van der Waals surface area contributed by atoms with Crippen LogP contribution in [0.15, 0.2) is 12.2 Å². The fourth-order valence-electron chi connectivity index (χ4n) is 0.642. The molecule has 16 heavy (non-hydrogen) atoms. The maximum Gasteiger partial charge on any atom is 0.372 e. The molecule has 1 N–H and O–H groups in total. The first-order valence-electron chi connectivity index (χ1n) is 3.56. The van der Waals surface area contributed by atoms with Gasteiger partial charge >= 0.3 is 24.2 Å². The first-order chi connectivity index (χ1) is 6.96. The van der Waals surface area contributed by atoms with Crippen molar-refractivity contribution in [3.63, 3.8) is 0 Å². The van der Waals surface area contributed by atoms with Crippen LogP contribution in [-0.2, 0) is 4.79 Å². The molecule has 0 aliphatic heterocycles. The number of carboxylic acid groups (broad SMARTS) is 1. The molecule has 0 radical (unpaired) electrons. The minimum atomic E-state index is -5.98. The smallest absolute Gasteiger partial charge is 0.372 e. The van der Waals surface area contributed by atoms with Crippen LogP contribution < -0.4 is 0 Å². The first-order valence-corrected chi connectivity index (χ1v) is 3.56. The van der Waals surface area contributed by atoms with Crippen molar-refractivity contribution >= 4 is 5.97 Å². The molecule has 2 nitrogen and oxygen atoms in total. The van der Waals surface area contributed by atoms with E-state index in [4.69, 9.17) is 5.11 Å². The highest BCUT2D eigenvalue weighted by Crippen LogP contribution is 2.44. The van der Waals surface area contributed by atoms with Crippen LogP contribution >= 0.6 is 0 Å². The minimum absolute atomic E-state index is 1.93. The van der Waals surface area contributed by atoms with Crippen LogP contribution in [-0.4, -0.2) is 35.5 Å². The lowest BCUT2D eigenvalue weighted by Crippen LogP contribution is -2.53. The second-order valence-corrected chi connectivity index (χ2v) is 2.74. The number of aliphatic carboxylic acids is 1. The van der Waals surface area contributed by atoms with Crippen molar-refractivity contribution in [2.45, 2.75) is 24.4 Å². The van der Waals surface area contributed by atoms with E-state index in [1.54, 1.807) is 0 Å². The molecule has 0 saturated heterocycles. The average molecular weight is 254 g/mol. The second kappa shape index (κ2) is 4.30. The van der Waals surface area contributed by atoms with Crippen LogP contribution in [0.25, 0.3) is 0 Å². The van der Waals surface area contributed by atoms with E-state index in [1.165, 1.54) is 0 Å². The standard InChI is InChI=1S/C7H5F7O2/c1-2(4(15)16)3(8)6(11,12)7(13,14)5(9)10/h3,5H,1H2,(H,15,16). The topological polar surface area (TPSA) is 37.3 Å². The lowest BCUT2D eigenvalue weighted by molar-refractivity contribution is -0.280. The molecule has 1 unspecified atom stereocenters. The summed E-state index contributed by atoms with van der Waals surface area (Å²) >= 11 is 0. The minimum Gasteiger partial charge on any atom is -0.478 e. The third-order valence-electron chi connectivity index (χ3n) is 1.62. The zero-order valence-electron chi connectivity index (χ0n) is 7.36. The molecule has 0 bridgehead atoms. The second-order valence-electron chi connectivity index (χ2n) is 2.74. The van der Waals surface area contributed by atoms with Gasteiger partial charge in [0.25, 0.3) is 0 Å². The van der Waals surface area contributed by atoms with E-state index in [0.717, 1.165) is 0 Å². The zero-order chi connectivity index (χ0) is 13.3. The Labute approximate surface area is 84.4 Å². The van der Waals surface area contributed by atoms with Crippen molar-refractivity contribution in [2.24, 2.45) is 0 Å². The van der Waals surface area contributed by atoms with Gasteiger partial charge < -0.3 is 5.11 Å². The van der Waals surface area contributed by atoms with Crippen molar-refractivity contribution in [1.82, 2.24) is 0 Å². The lowest BCUT2D eigenvalue weighted by Gasteiger charge is -2.28. The number of carbonyl (C=O) groups is 1. The molecule has 0 saturated carbocycles. The van der Waals surface area contributed by atoms with Gasteiger partial charge in [-0.05, 0) is 0 Å². The zero-order valence-corrected chi connectivity index (χ0v) is 7.36. The van der Waals surface area contributed by atoms with Gasteiger partial charge in [0.2, 0.25) is 6.17 Å². The van der Waals surface area contributed by atoms with E-state index < -0.39 is 36.0 Å². The van der Waals surface area contributed by atoms with E-state index in [1.807, 2.05) is 0 Å². The van der Waals surface area contributed by atoms with Crippen LogP contribution in [0.2, 0.25) is 0 Å². The van der Waals surface area contributed by atoms with E-state index in [9.17, 15) is 35.5 Å². The molecular formula is C7H5F7O2. The summed E-state index contributed by atoms with van der Waals surface area (Å²) in [6.07, 6.45) is -8.93. The SMILES string of the molecule is C=C(C(=O)O)C(F)C(F)(F)C(F)(F)C(F)F. The van der Waals surface area contributed by atoms with Gasteiger partial charge in [-0.2, -0.15) is 17.6 Å². The Morgan fingerprint density at radius 3 is 1.69 bits per heavy atom. The largest absolute Gasteiger partial charge is 0.478 e. The number of rotatable bonds is 5. The molecule has 0 heterocycles. The molecule has 0 rings (SSSR count). The third-order valence-corrected chi connectivity index (χ3v) is 1.62. The molecule has 0 aromatic heterocycles. The Morgan fingerprint density at radius 1 is 1.06 bits per heavy atom. The molecule has 9 heteroatoms. The quantitative estimate of drug-likeness (QED) is 0.604. The molecule has 0 amide bonds. The maximum atomic E-state index is 12.6. The normalized spacial score (nSPS) is 15.0. The molecule has 1 atom stereocenters. The van der Waals surface area contributed by atoms with Gasteiger partial charge in [0.05, 0.1) is 5.57 Å². The highest BCUT2D eigenvalue weighted by atomic mass is 19.3. The lowest BCUT2D eigenvalue weighted by atomic mass is 10.0. The molecule has 0 aromatic rings. The first kappa shape index (κ1) is 14.7. The Hall–Kier alpha value is -1.28. The summed E-state index contributed by atoms with van der Waals surface area (Å²) in [5.41, 5.74) is -1.93. The van der Waals surface area contributed by atoms with Crippen molar-refractivity contribution in [3.05, 3.63) is 12.2 Å². The molecule has 0 aliphatic rings. The van der Waals surface area contributed by atoms with Gasteiger partial charge in [-0.3, -0.25) is 0 Å². The van der Waals surface area contributed by atoms with Crippen LogP contribution in [0.1, 0.15) is 0 Å². The summed E-state index contributed by atoms with van der Waals surface area (Å²) in [4.78, 5) is 9.98. The fraction of sp³-hybridized carbons (Fsp3) is 0.571. The van der Waals surface area contributed by atoms with E-state index in [0.29, 0.717) is 0 Å². The Kier molecular flexibility index (Phi) is 3.96.